The molecule has 1 aliphatic heterocycles. The monoisotopic (exact) mass is 527 g/mol. The maximum atomic E-state index is 13.7. The van der Waals surface area contributed by atoms with Crippen molar-refractivity contribution in [3.8, 4) is 5.75 Å². The smallest absolute Gasteiger partial charge is 0.264 e. The lowest BCUT2D eigenvalue weighted by molar-refractivity contribution is 0.0641. The van der Waals surface area contributed by atoms with E-state index < -0.39 is 10.0 Å². The topological polar surface area (TPSA) is 90.4 Å². The van der Waals surface area contributed by atoms with Gasteiger partial charge in [-0.05, 0) is 54.1 Å². The molecule has 10 heteroatoms. The molecule has 0 atom stereocenters. The lowest BCUT2D eigenvalue weighted by atomic mass is 10.2. The Morgan fingerprint density at radius 3 is 2.24 bits per heavy atom. The van der Waals surface area contributed by atoms with Crippen molar-refractivity contribution < 1.29 is 27.4 Å². The van der Waals surface area contributed by atoms with Crippen LogP contribution in [0.2, 0.25) is 0 Å². The molecule has 0 saturated carbocycles. The fraction of sp³-hybridized carbons (Fsp3) is 0.296. The van der Waals surface area contributed by atoms with Crippen molar-refractivity contribution in [1.29, 1.82) is 0 Å². The minimum Gasteiger partial charge on any atom is -0.495 e. The van der Waals surface area contributed by atoms with E-state index in [1.165, 1.54) is 47.8 Å². The van der Waals surface area contributed by atoms with Gasteiger partial charge in [0.05, 0.1) is 24.3 Å². The molecule has 0 aromatic heterocycles. The van der Waals surface area contributed by atoms with Gasteiger partial charge in [0.1, 0.15) is 11.6 Å². The molecular weight excluding hydrogens is 497 g/mol. The number of aliphatic hydroxyl groups is 1. The first-order valence-corrected chi connectivity index (χ1v) is 13.4. The lowest BCUT2D eigenvalue weighted by Gasteiger charge is -2.36. The summed E-state index contributed by atoms with van der Waals surface area (Å²) < 4.78 is 47.4. The summed E-state index contributed by atoms with van der Waals surface area (Å²) >= 11 is 0. The second-order valence-electron chi connectivity index (χ2n) is 8.69. The van der Waals surface area contributed by atoms with Gasteiger partial charge < -0.3 is 14.7 Å². The maximum absolute atomic E-state index is 13.7. The van der Waals surface area contributed by atoms with E-state index in [0.717, 1.165) is 0 Å². The minimum absolute atomic E-state index is 0.116. The third-order valence-electron chi connectivity index (χ3n) is 6.42. The van der Waals surface area contributed by atoms with Crippen LogP contribution in [0, 0.1) is 5.82 Å². The summed E-state index contributed by atoms with van der Waals surface area (Å²) in [7, 11) is -2.43. The predicted octanol–water partition coefficient (Wildman–Crippen LogP) is 2.98. The van der Waals surface area contributed by atoms with Crippen LogP contribution in [-0.2, 0) is 16.6 Å². The van der Waals surface area contributed by atoms with E-state index in [4.69, 9.17) is 4.74 Å². The first-order valence-electron chi connectivity index (χ1n) is 12.0. The number of benzene rings is 3. The van der Waals surface area contributed by atoms with Gasteiger partial charge >= 0.3 is 0 Å². The van der Waals surface area contributed by atoms with Crippen molar-refractivity contribution in [1.82, 2.24) is 9.80 Å². The third kappa shape index (κ3) is 6.10. The van der Waals surface area contributed by atoms with E-state index in [0.29, 0.717) is 55.3 Å². The van der Waals surface area contributed by atoms with Crippen LogP contribution in [0.4, 0.5) is 10.1 Å². The molecule has 0 spiro atoms. The Labute approximate surface area is 216 Å². The van der Waals surface area contributed by atoms with Crippen LogP contribution in [-0.4, -0.2) is 75.6 Å². The van der Waals surface area contributed by atoms with Gasteiger partial charge in [0.2, 0.25) is 0 Å². The zero-order chi connectivity index (χ0) is 26.4. The number of para-hydroxylation sites is 2. The van der Waals surface area contributed by atoms with Gasteiger partial charge in [0, 0.05) is 44.8 Å². The van der Waals surface area contributed by atoms with Gasteiger partial charge in [0.15, 0.2) is 0 Å². The number of hydrogen-bond donors (Lipinski definition) is 1. The van der Waals surface area contributed by atoms with Crippen molar-refractivity contribution in [2.75, 3.05) is 50.7 Å². The van der Waals surface area contributed by atoms with Crippen molar-refractivity contribution in [3.05, 3.63) is 89.7 Å². The summed E-state index contributed by atoms with van der Waals surface area (Å²) in [5, 5.41) is 9.32. The number of ether oxygens (including phenoxy) is 1. The van der Waals surface area contributed by atoms with E-state index in [1.807, 2.05) is 0 Å². The molecule has 3 aromatic rings. The number of methoxy groups -OCH3 is 1. The van der Waals surface area contributed by atoms with E-state index in [1.54, 1.807) is 41.3 Å². The number of carbonyl (C=O) groups excluding carboxylic acids is 1. The highest BCUT2D eigenvalue weighted by atomic mass is 32.2. The summed E-state index contributed by atoms with van der Waals surface area (Å²) in [6.07, 6.45) is 0. The van der Waals surface area contributed by atoms with Crippen LogP contribution >= 0.6 is 0 Å². The summed E-state index contributed by atoms with van der Waals surface area (Å²) in [6.45, 7) is 2.59. The number of amides is 1. The lowest BCUT2D eigenvalue weighted by Crippen LogP contribution is -2.50. The van der Waals surface area contributed by atoms with Crippen molar-refractivity contribution in [2.45, 2.75) is 11.5 Å². The summed E-state index contributed by atoms with van der Waals surface area (Å²) in [5.74, 6) is -0.0998. The number of halogens is 1. The Bertz CT molecular complexity index is 1310. The molecule has 196 valence electrons. The number of aliphatic hydroxyl groups excluding tert-OH is 1. The molecule has 8 nitrogen and oxygen atoms in total. The Morgan fingerprint density at radius 2 is 1.62 bits per heavy atom. The van der Waals surface area contributed by atoms with Crippen molar-refractivity contribution in [2.24, 2.45) is 0 Å². The molecule has 1 N–H and O–H groups in total. The molecule has 0 unspecified atom stereocenters. The second kappa shape index (κ2) is 11.7. The number of carbonyl (C=O) groups is 1. The van der Waals surface area contributed by atoms with E-state index in [9.17, 15) is 22.7 Å². The van der Waals surface area contributed by atoms with E-state index in [-0.39, 0.29) is 29.8 Å². The quantitative estimate of drug-likeness (QED) is 0.460. The molecule has 1 heterocycles. The van der Waals surface area contributed by atoms with Gasteiger partial charge in [0.25, 0.3) is 15.9 Å². The molecule has 0 radical (unpaired) electrons. The highest BCUT2D eigenvalue weighted by Crippen LogP contribution is 2.32. The van der Waals surface area contributed by atoms with Gasteiger partial charge in [-0.1, -0.05) is 24.3 Å². The van der Waals surface area contributed by atoms with E-state index >= 15 is 0 Å². The Balaban J connectivity index is 1.48. The zero-order valence-corrected chi connectivity index (χ0v) is 21.4. The van der Waals surface area contributed by atoms with Gasteiger partial charge in [-0.15, -0.1) is 0 Å². The number of piperazine rings is 1. The number of anilines is 1. The first-order chi connectivity index (χ1) is 17.8. The van der Waals surface area contributed by atoms with Crippen LogP contribution in [0.1, 0.15) is 15.9 Å². The molecule has 0 aliphatic carbocycles. The van der Waals surface area contributed by atoms with E-state index in [2.05, 4.69) is 4.90 Å². The summed E-state index contributed by atoms with van der Waals surface area (Å²) in [5.41, 5.74) is 1.49. The average molecular weight is 528 g/mol. The number of sulfonamides is 1. The molecule has 1 fully saturated rings. The molecular formula is C27H30FN3O5S. The van der Waals surface area contributed by atoms with Crippen molar-refractivity contribution >= 4 is 21.6 Å². The highest BCUT2D eigenvalue weighted by molar-refractivity contribution is 7.92. The standard InChI is InChI=1S/C27H30FN3O5S/c1-36-26-5-3-2-4-25(26)31(37(34,35)24-12-6-21(20-32)7-13-24)19-16-29-14-17-30(18-15-29)27(33)22-8-10-23(28)11-9-22/h2-13,32H,14-20H2,1H3. The molecule has 0 bridgehead atoms. The Hall–Kier alpha value is -3.47. The largest absolute Gasteiger partial charge is 0.495 e. The van der Waals surface area contributed by atoms with Gasteiger partial charge in [-0.25, -0.2) is 12.8 Å². The van der Waals surface area contributed by atoms with Crippen LogP contribution < -0.4 is 9.04 Å². The average Bonchev–Trinajstić information content (AvgIpc) is 2.93. The fourth-order valence-corrected chi connectivity index (χ4v) is 5.75. The third-order valence-corrected chi connectivity index (χ3v) is 8.25. The SMILES string of the molecule is COc1ccccc1N(CCN1CCN(C(=O)c2ccc(F)cc2)CC1)S(=O)(=O)c1ccc(CO)cc1. The molecule has 1 amide bonds. The maximum Gasteiger partial charge on any atom is 0.264 e. The highest BCUT2D eigenvalue weighted by Gasteiger charge is 2.29. The Morgan fingerprint density at radius 1 is 0.973 bits per heavy atom. The van der Waals surface area contributed by atoms with Crippen LogP contribution in [0.25, 0.3) is 0 Å². The van der Waals surface area contributed by atoms with Gasteiger partial charge in [-0.3, -0.25) is 14.0 Å². The second-order valence-corrected chi connectivity index (χ2v) is 10.6. The number of hydrogen-bond acceptors (Lipinski definition) is 6. The van der Waals surface area contributed by atoms with Crippen molar-refractivity contribution in [3.63, 3.8) is 0 Å². The predicted molar refractivity (Wildman–Crippen MR) is 139 cm³/mol. The summed E-state index contributed by atoms with van der Waals surface area (Å²) in [6, 6.07) is 18.6. The van der Waals surface area contributed by atoms with Crippen LogP contribution in [0.15, 0.2) is 77.7 Å². The molecule has 37 heavy (non-hydrogen) atoms. The number of nitrogens with zero attached hydrogens (tertiary/aromatic N) is 3. The number of rotatable bonds is 9. The first kappa shape index (κ1) is 26.6. The zero-order valence-electron chi connectivity index (χ0n) is 20.6. The molecule has 1 aliphatic rings. The van der Waals surface area contributed by atoms with Gasteiger partial charge in [-0.2, -0.15) is 0 Å². The molecule has 4 rings (SSSR count). The van der Waals surface area contributed by atoms with Crippen LogP contribution in [0.3, 0.4) is 0 Å². The molecule has 1 saturated heterocycles. The van der Waals surface area contributed by atoms with Crippen LogP contribution in [0.5, 0.6) is 5.75 Å². The normalized spacial score (nSPS) is 14.4. The summed E-state index contributed by atoms with van der Waals surface area (Å²) in [4.78, 5) is 16.7. The minimum atomic E-state index is -3.93. The molecule has 3 aromatic carbocycles. The fourth-order valence-electron chi connectivity index (χ4n) is 4.28. The Kier molecular flexibility index (Phi) is 8.42.